The quantitative estimate of drug-likeness (QED) is 0.610. The average molecular weight is 455 g/mol. The molecule has 2 heterocycles. The molecule has 0 bridgehead atoms. The molecular formula is C20H24Cl2N4O2S. The highest BCUT2D eigenvalue weighted by Crippen LogP contribution is 2.46. The Balaban J connectivity index is 0.00000240. The molecule has 0 saturated heterocycles. The molecule has 29 heavy (non-hydrogen) atoms. The Morgan fingerprint density at radius 2 is 1.93 bits per heavy atom. The summed E-state index contributed by atoms with van der Waals surface area (Å²) in [6, 6.07) is 6.42. The van der Waals surface area contributed by atoms with Gasteiger partial charge in [0, 0.05) is 35.2 Å². The van der Waals surface area contributed by atoms with Gasteiger partial charge in [-0.05, 0) is 54.5 Å². The summed E-state index contributed by atoms with van der Waals surface area (Å²) in [5.41, 5.74) is 8.14. The van der Waals surface area contributed by atoms with Crippen LogP contribution in [0.15, 0.2) is 24.3 Å². The monoisotopic (exact) mass is 454 g/mol. The maximum Gasteiger partial charge on any atom is 0.324 e. The lowest BCUT2D eigenvalue weighted by atomic mass is 10.0. The first kappa shape index (κ1) is 21.9. The lowest BCUT2D eigenvalue weighted by molar-refractivity contribution is 0.0999. The lowest BCUT2D eigenvalue weighted by Crippen LogP contribution is -2.34. The zero-order valence-corrected chi connectivity index (χ0v) is 18.5. The van der Waals surface area contributed by atoms with Crippen LogP contribution in [0, 0.1) is 5.41 Å². The number of nitrogens with two attached hydrogens (primary N) is 1. The minimum Gasteiger partial charge on any atom is -0.365 e. The number of thiophene rings is 1. The number of carbonyl (C=O) groups is 2. The molecule has 4 N–H and O–H groups in total. The number of hydrogen-bond donors (Lipinski definition) is 3. The number of anilines is 2. The first-order valence-electron chi connectivity index (χ1n) is 9.33. The molecule has 1 aliphatic carbocycles. The molecule has 9 heteroatoms. The summed E-state index contributed by atoms with van der Waals surface area (Å²) in [6.45, 7) is 5.11. The second kappa shape index (κ2) is 8.52. The van der Waals surface area contributed by atoms with Crippen LogP contribution in [0.2, 0.25) is 5.02 Å². The fraction of sp³-hybridized carbons (Fsp3) is 0.400. The average Bonchev–Trinajstić information content (AvgIpc) is 3.23. The van der Waals surface area contributed by atoms with Crippen LogP contribution >= 0.6 is 35.3 Å². The maximum atomic E-state index is 12.4. The van der Waals surface area contributed by atoms with E-state index >= 15 is 0 Å². The number of primary amides is 1. The third kappa shape index (κ3) is 5.04. The molecule has 0 spiro atoms. The molecule has 6 nitrogen and oxygen atoms in total. The number of halogens is 2. The first-order valence-corrected chi connectivity index (χ1v) is 10.5. The van der Waals surface area contributed by atoms with Gasteiger partial charge in [-0.25, -0.2) is 4.79 Å². The van der Waals surface area contributed by atoms with Crippen molar-refractivity contribution in [1.82, 2.24) is 4.90 Å². The van der Waals surface area contributed by atoms with E-state index in [0.717, 1.165) is 36.5 Å². The van der Waals surface area contributed by atoms with Gasteiger partial charge in [0.1, 0.15) is 5.00 Å². The fourth-order valence-electron chi connectivity index (χ4n) is 3.65. The molecule has 2 aliphatic rings. The van der Waals surface area contributed by atoms with E-state index in [1.807, 2.05) is 0 Å². The van der Waals surface area contributed by atoms with Gasteiger partial charge in [-0.2, -0.15) is 0 Å². The Hall–Kier alpha value is -1.80. The molecule has 0 unspecified atom stereocenters. The number of carbonyl (C=O) groups excluding carboxylic acids is 2. The van der Waals surface area contributed by atoms with E-state index in [4.69, 9.17) is 17.3 Å². The van der Waals surface area contributed by atoms with Gasteiger partial charge in [-0.3, -0.25) is 15.0 Å². The van der Waals surface area contributed by atoms with Crippen LogP contribution in [0.1, 0.15) is 40.6 Å². The number of amides is 3. The normalized spacial score (nSPS) is 17.0. The number of nitrogens with zero attached hydrogens (tertiary/aromatic N) is 1. The Morgan fingerprint density at radius 1 is 1.24 bits per heavy atom. The molecule has 0 radical (unpaired) electrons. The van der Waals surface area contributed by atoms with Crippen molar-refractivity contribution in [1.29, 1.82) is 0 Å². The van der Waals surface area contributed by atoms with Crippen molar-refractivity contribution >= 4 is 58.0 Å². The summed E-state index contributed by atoms with van der Waals surface area (Å²) < 4.78 is 0. The second-order valence-corrected chi connectivity index (χ2v) is 9.47. The largest absolute Gasteiger partial charge is 0.365 e. The number of fused-ring (bicyclic) bond motifs is 1. The Bertz CT molecular complexity index is 925. The van der Waals surface area contributed by atoms with E-state index in [0.29, 0.717) is 26.7 Å². The van der Waals surface area contributed by atoms with Crippen molar-refractivity contribution < 1.29 is 9.59 Å². The zero-order valence-electron chi connectivity index (χ0n) is 16.1. The molecule has 1 aromatic heterocycles. The van der Waals surface area contributed by atoms with Crippen molar-refractivity contribution in [3.8, 4) is 0 Å². The van der Waals surface area contributed by atoms with E-state index in [-0.39, 0.29) is 12.4 Å². The van der Waals surface area contributed by atoms with Crippen LogP contribution in [0.3, 0.4) is 0 Å². The third-order valence-corrected chi connectivity index (χ3v) is 6.80. The van der Waals surface area contributed by atoms with Gasteiger partial charge in [-0.15, -0.1) is 23.7 Å². The topological polar surface area (TPSA) is 87.5 Å². The zero-order chi connectivity index (χ0) is 19.9. The molecule has 1 aromatic carbocycles. The van der Waals surface area contributed by atoms with Gasteiger partial charge in [0.05, 0.1) is 5.56 Å². The van der Waals surface area contributed by atoms with Crippen molar-refractivity contribution in [2.24, 2.45) is 11.1 Å². The van der Waals surface area contributed by atoms with Gasteiger partial charge in [0.15, 0.2) is 0 Å². The standard InChI is InChI=1S/C20H23ClN4O2S.ClH/c1-20(7-8-20)11-25-9-6-14-15(10-25)28-18(16(14)17(22)26)24-19(27)23-13-4-2-12(21)3-5-13;/h2-5H,6-11H2,1H3,(H2,22,26)(H2,23,24,27);1H. The van der Waals surface area contributed by atoms with Gasteiger partial charge < -0.3 is 11.1 Å². The highest BCUT2D eigenvalue weighted by atomic mass is 35.5. The summed E-state index contributed by atoms with van der Waals surface area (Å²) >= 11 is 7.31. The first-order chi connectivity index (χ1) is 13.3. The Labute approximate surface area is 185 Å². The molecule has 156 valence electrons. The van der Waals surface area contributed by atoms with Gasteiger partial charge >= 0.3 is 6.03 Å². The van der Waals surface area contributed by atoms with Crippen LogP contribution in [0.25, 0.3) is 0 Å². The van der Waals surface area contributed by atoms with Crippen molar-refractivity contribution in [3.63, 3.8) is 0 Å². The summed E-state index contributed by atoms with van der Waals surface area (Å²) in [5.74, 6) is -0.498. The number of urea groups is 1. The highest BCUT2D eigenvalue weighted by molar-refractivity contribution is 7.17. The van der Waals surface area contributed by atoms with Crippen LogP contribution < -0.4 is 16.4 Å². The molecule has 4 rings (SSSR count). The second-order valence-electron chi connectivity index (χ2n) is 7.93. The highest BCUT2D eigenvalue weighted by Gasteiger charge is 2.39. The van der Waals surface area contributed by atoms with E-state index in [1.165, 1.54) is 24.2 Å². The van der Waals surface area contributed by atoms with Crippen molar-refractivity contribution in [3.05, 3.63) is 45.3 Å². The molecular weight excluding hydrogens is 431 g/mol. The van der Waals surface area contributed by atoms with E-state index < -0.39 is 11.9 Å². The molecule has 2 aromatic rings. The summed E-state index contributed by atoms with van der Waals surface area (Å²) in [4.78, 5) is 28.0. The number of rotatable bonds is 5. The van der Waals surface area contributed by atoms with Crippen molar-refractivity contribution in [2.45, 2.75) is 32.7 Å². The van der Waals surface area contributed by atoms with Crippen LogP contribution in [0.5, 0.6) is 0 Å². The minimum absolute atomic E-state index is 0. The maximum absolute atomic E-state index is 12.4. The molecule has 1 fully saturated rings. The Morgan fingerprint density at radius 3 is 2.55 bits per heavy atom. The summed E-state index contributed by atoms with van der Waals surface area (Å²) in [7, 11) is 0. The molecule has 0 atom stereocenters. The van der Waals surface area contributed by atoms with Gasteiger partial charge in [0.2, 0.25) is 0 Å². The Kier molecular flexibility index (Phi) is 6.43. The van der Waals surface area contributed by atoms with E-state index in [2.05, 4.69) is 22.5 Å². The van der Waals surface area contributed by atoms with E-state index in [1.54, 1.807) is 24.3 Å². The number of nitrogens with one attached hydrogen (secondary N) is 2. The van der Waals surface area contributed by atoms with E-state index in [9.17, 15) is 9.59 Å². The summed E-state index contributed by atoms with van der Waals surface area (Å²) in [6.07, 6.45) is 3.34. The van der Waals surface area contributed by atoms with Gasteiger partial charge in [0.25, 0.3) is 5.91 Å². The molecule has 3 amide bonds. The smallest absolute Gasteiger partial charge is 0.324 e. The number of hydrogen-bond acceptors (Lipinski definition) is 4. The minimum atomic E-state index is -0.498. The predicted octanol–water partition coefficient (Wildman–Crippen LogP) is 4.72. The van der Waals surface area contributed by atoms with Gasteiger partial charge in [-0.1, -0.05) is 18.5 Å². The number of benzene rings is 1. The van der Waals surface area contributed by atoms with Crippen LogP contribution in [-0.4, -0.2) is 29.9 Å². The summed E-state index contributed by atoms with van der Waals surface area (Å²) in [5, 5.41) is 6.66. The predicted molar refractivity (Wildman–Crippen MR) is 121 cm³/mol. The van der Waals surface area contributed by atoms with Crippen molar-refractivity contribution in [2.75, 3.05) is 23.7 Å². The molecule has 1 saturated carbocycles. The fourth-order valence-corrected chi connectivity index (χ4v) is 5.07. The lowest BCUT2D eigenvalue weighted by Gasteiger charge is -2.29. The molecule has 1 aliphatic heterocycles. The van der Waals surface area contributed by atoms with Crippen LogP contribution in [0.4, 0.5) is 15.5 Å². The third-order valence-electron chi connectivity index (χ3n) is 5.42. The van der Waals surface area contributed by atoms with Crippen LogP contribution in [-0.2, 0) is 13.0 Å². The SMILES string of the molecule is CC1(CN2CCc3c(sc(NC(=O)Nc4ccc(Cl)cc4)c3C(N)=O)C2)CC1.Cl.